The van der Waals surface area contributed by atoms with Crippen molar-refractivity contribution in [1.82, 2.24) is 10.2 Å². The summed E-state index contributed by atoms with van der Waals surface area (Å²) in [4.78, 5) is 26.6. The highest BCUT2D eigenvalue weighted by molar-refractivity contribution is 5.95. The number of hydrogen-bond donors (Lipinski definition) is 2. The third kappa shape index (κ3) is 4.02. The van der Waals surface area contributed by atoms with Gasteiger partial charge in [-0.2, -0.15) is 0 Å². The fourth-order valence-corrected chi connectivity index (χ4v) is 3.72. The minimum absolute atomic E-state index is 0.0290. The molecule has 1 aliphatic rings. The molecule has 6 heteroatoms. The van der Waals surface area contributed by atoms with Crippen LogP contribution in [0.15, 0.2) is 60.7 Å². The van der Waals surface area contributed by atoms with E-state index in [1.54, 1.807) is 17.0 Å². The molecule has 0 saturated carbocycles. The lowest BCUT2D eigenvalue weighted by molar-refractivity contribution is -0.125. The van der Waals surface area contributed by atoms with Gasteiger partial charge in [-0.15, -0.1) is 0 Å². The first-order chi connectivity index (χ1) is 13.2. The highest BCUT2D eigenvalue weighted by atomic mass is 16.5. The van der Waals surface area contributed by atoms with Crippen LogP contribution in [0, 0.1) is 0 Å². The molecule has 0 unspecified atom stereocenters. The van der Waals surface area contributed by atoms with E-state index in [1.807, 2.05) is 48.5 Å². The van der Waals surface area contributed by atoms with Crippen molar-refractivity contribution in [2.24, 2.45) is 0 Å². The molecule has 0 spiro atoms. The van der Waals surface area contributed by atoms with Crippen molar-refractivity contribution in [1.29, 1.82) is 0 Å². The Morgan fingerprint density at radius 2 is 1.67 bits per heavy atom. The number of nitrogens with one attached hydrogen (secondary N) is 1. The molecule has 0 bridgehead atoms. The summed E-state index contributed by atoms with van der Waals surface area (Å²) in [6.45, 7) is 0.135. The number of carbonyl (C=O) groups is 2. The molecule has 6 nitrogen and oxygen atoms in total. The summed E-state index contributed by atoms with van der Waals surface area (Å²) in [5, 5.41) is 12.8. The maximum Gasteiger partial charge on any atom is 0.254 e. The van der Waals surface area contributed by atoms with Gasteiger partial charge in [0.1, 0.15) is 6.61 Å². The molecule has 3 rings (SSSR count). The van der Waals surface area contributed by atoms with E-state index in [9.17, 15) is 14.7 Å². The van der Waals surface area contributed by atoms with E-state index >= 15 is 0 Å². The van der Waals surface area contributed by atoms with E-state index in [2.05, 4.69) is 5.32 Å². The molecule has 2 aromatic rings. The smallest absolute Gasteiger partial charge is 0.254 e. The molecule has 2 N–H and O–H groups in total. The lowest BCUT2D eigenvalue weighted by atomic mass is 9.74. The average Bonchev–Trinajstić information content (AvgIpc) is 2.69. The van der Waals surface area contributed by atoms with Crippen molar-refractivity contribution >= 4 is 11.8 Å². The van der Waals surface area contributed by atoms with Crippen molar-refractivity contribution in [3.8, 4) is 0 Å². The number of hydrogen-bond acceptors (Lipinski definition) is 4. The van der Waals surface area contributed by atoms with Crippen molar-refractivity contribution in [2.45, 2.75) is 18.0 Å². The van der Waals surface area contributed by atoms with Crippen molar-refractivity contribution in [3.05, 3.63) is 71.8 Å². The first-order valence-corrected chi connectivity index (χ1v) is 8.96. The molecule has 0 aliphatic carbocycles. The molecule has 1 fully saturated rings. The van der Waals surface area contributed by atoms with Crippen LogP contribution >= 0.6 is 0 Å². The normalized spacial score (nSPS) is 21.4. The van der Waals surface area contributed by atoms with Crippen LogP contribution in [-0.4, -0.2) is 60.8 Å². The third-order valence-corrected chi connectivity index (χ3v) is 4.95. The van der Waals surface area contributed by atoms with Crippen molar-refractivity contribution < 1.29 is 19.4 Å². The molecule has 142 valence electrons. The summed E-state index contributed by atoms with van der Waals surface area (Å²) < 4.78 is 4.85. The Morgan fingerprint density at radius 1 is 1.04 bits per heavy atom. The number of likely N-dealkylation sites (tertiary alicyclic amines) is 1. The maximum absolute atomic E-state index is 13.0. The standard InChI is InChI=1S/C21H24N2O4/c1-27-14-19(25)22-12-17-20(15-8-4-2-5-9-15)18(13-24)23(17)21(26)16-10-6-3-7-11-16/h2-11,17-18,20,24H,12-14H2,1H3,(H,22,25)/t17-,18-,20+/m1/s1. The zero-order valence-corrected chi connectivity index (χ0v) is 15.2. The fourth-order valence-electron chi connectivity index (χ4n) is 3.72. The Balaban J connectivity index is 1.85. The molecule has 2 aromatic carbocycles. The molecule has 1 heterocycles. The minimum atomic E-state index is -0.329. The van der Waals surface area contributed by atoms with Crippen LogP contribution in [0.25, 0.3) is 0 Å². The Bertz CT molecular complexity index is 766. The fraction of sp³-hybridized carbons (Fsp3) is 0.333. The van der Waals surface area contributed by atoms with Crippen LogP contribution in [0.5, 0.6) is 0 Å². The Morgan fingerprint density at radius 3 is 2.26 bits per heavy atom. The molecule has 1 saturated heterocycles. The van der Waals surface area contributed by atoms with E-state index in [1.165, 1.54) is 7.11 Å². The average molecular weight is 368 g/mol. The number of amides is 2. The van der Waals surface area contributed by atoms with Gasteiger partial charge in [0, 0.05) is 25.1 Å². The summed E-state index contributed by atoms with van der Waals surface area (Å²) in [5.41, 5.74) is 1.61. The summed E-state index contributed by atoms with van der Waals surface area (Å²) in [5.74, 6) is -0.427. The largest absolute Gasteiger partial charge is 0.394 e. The van der Waals surface area contributed by atoms with E-state index in [0.717, 1.165) is 5.56 Å². The SMILES string of the molecule is COCC(=O)NC[C@@H]1[C@H](c2ccccc2)[C@@H](CO)N1C(=O)c1ccccc1. The minimum Gasteiger partial charge on any atom is -0.394 e. The van der Waals surface area contributed by atoms with E-state index in [0.29, 0.717) is 12.1 Å². The van der Waals surface area contributed by atoms with Crippen LogP contribution < -0.4 is 5.32 Å². The zero-order chi connectivity index (χ0) is 19.2. The van der Waals surface area contributed by atoms with Gasteiger partial charge in [0.2, 0.25) is 5.91 Å². The number of benzene rings is 2. The lowest BCUT2D eigenvalue weighted by Gasteiger charge is -2.55. The molecular formula is C21H24N2O4. The number of ether oxygens (including phenoxy) is 1. The molecule has 2 amide bonds. The van der Waals surface area contributed by atoms with Gasteiger partial charge in [0.25, 0.3) is 5.91 Å². The Hall–Kier alpha value is -2.70. The number of rotatable bonds is 7. The topological polar surface area (TPSA) is 78.9 Å². The van der Waals surface area contributed by atoms with Gasteiger partial charge in [-0.3, -0.25) is 9.59 Å². The van der Waals surface area contributed by atoms with E-state index in [4.69, 9.17) is 4.74 Å². The van der Waals surface area contributed by atoms with Crippen LogP contribution in [0.1, 0.15) is 21.8 Å². The predicted molar refractivity (Wildman–Crippen MR) is 101 cm³/mol. The van der Waals surface area contributed by atoms with Crippen LogP contribution in [0.3, 0.4) is 0 Å². The molecule has 1 aliphatic heterocycles. The van der Waals surface area contributed by atoms with Crippen LogP contribution in [0.4, 0.5) is 0 Å². The predicted octanol–water partition coefficient (Wildman–Crippen LogP) is 1.42. The summed E-state index contributed by atoms with van der Waals surface area (Å²) in [6.07, 6.45) is 0. The molecule has 0 radical (unpaired) electrons. The van der Waals surface area contributed by atoms with Gasteiger partial charge in [-0.1, -0.05) is 48.5 Å². The number of nitrogens with zero attached hydrogens (tertiary/aromatic N) is 1. The maximum atomic E-state index is 13.0. The number of carbonyl (C=O) groups excluding carboxylic acids is 2. The quantitative estimate of drug-likeness (QED) is 0.775. The summed E-state index contributed by atoms with van der Waals surface area (Å²) >= 11 is 0. The Kier molecular flexibility index (Phi) is 6.21. The summed E-state index contributed by atoms with van der Waals surface area (Å²) in [6, 6.07) is 18.2. The lowest BCUT2D eigenvalue weighted by Crippen LogP contribution is -2.68. The molecule has 3 atom stereocenters. The first kappa shape index (κ1) is 19.1. The van der Waals surface area contributed by atoms with Gasteiger partial charge in [0.05, 0.1) is 18.7 Å². The monoisotopic (exact) mass is 368 g/mol. The Labute approximate surface area is 158 Å². The highest BCUT2D eigenvalue weighted by Gasteiger charge is 2.51. The number of methoxy groups -OCH3 is 1. The molecular weight excluding hydrogens is 344 g/mol. The van der Waals surface area contributed by atoms with Gasteiger partial charge in [0.15, 0.2) is 0 Å². The second-order valence-electron chi connectivity index (χ2n) is 6.57. The van der Waals surface area contributed by atoms with Gasteiger partial charge < -0.3 is 20.1 Å². The van der Waals surface area contributed by atoms with Crippen LogP contribution in [0.2, 0.25) is 0 Å². The third-order valence-electron chi connectivity index (χ3n) is 4.95. The number of aliphatic hydroxyl groups excluding tert-OH is 1. The van der Waals surface area contributed by atoms with Crippen LogP contribution in [-0.2, 0) is 9.53 Å². The van der Waals surface area contributed by atoms with E-state index in [-0.39, 0.29) is 43.0 Å². The first-order valence-electron chi connectivity index (χ1n) is 8.96. The van der Waals surface area contributed by atoms with E-state index < -0.39 is 0 Å². The second kappa shape index (κ2) is 8.79. The molecule has 0 aromatic heterocycles. The summed E-state index contributed by atoms with van der Waals surface area (Å²) in [7, 11) is 1.46. The number of aliphatic hydroxyl groups is 1. The zero-order valence-electron chi connectivity index (χ0n) is 15.2. The van der Waals surface area contributed by atoms with Gasteiger partial charge in [-0.05, 0) is 17.7 Å². The van der Waals surface area contributed by atoms with Crippen molar-refractivity contribution in [2.75, 3.05) is 26.9 Å². The van der Waals surface area contributed by atoms with Gasteiger partial charge >= 0.3 is 0 Å². The van der Waals surface area contributed by atoms with Gasteiger partial charge in [-0.25, -0.2) is 0 Å². The molecule has 27 heavy (non-hydrogen) atoms. The van der Waals surface area contributed by atoms with Crippen molar-refractivity contribution in [3.63, 3.8) is 0 Å². The second-order valence-corrected chi connectivity index (χ2v) is 6.57. The highest BCUT2D eigenvalue weighted by Crippen LogP contribution is 2.41.